The number of rotatable bonds is 10. The van der Waals surface area contributed by atoms with Gasteiger partial charge in [0.2, 0.25) is 6.36 Å². The number of alkyl halides is 1. The molecule has 1 aliphatic heterocycles. The number of benzene rings is 3. The van der Waals surface area contributed by atoms with E-state index in [0.29, 0.717) is 6.61 Å². The number of hydrogen-bond acceptors (Lipinski definition) is 5. The van der Waals surface area contributed by atoms with Gasteiger partial charge in [-0.05, 0) is 16.7 Å². The average Bonchev–Trinajstić information content (AvgIpc) is 2.86. The van der Waals surface area contributed by atoms with Crippen LogP contribution in [0.4, 0.5) is 4.39 Å². The number of halogens is 1. The number of ether oxygens (including phenoxy) is 4. The summed E-state index contributed by atoms with van der Waals surface area (Å²) in [5.41, 5.74) is 2.88. The van der Waals surface area contributed by atoms with Gasteiger partial charge in [-0.3, -0.25) is 0 Å². The molecule has 1 aliphatic rings. The maximum Gasteiger partial charge on any atom is 0.228 e. The minimum atomic E-state index is -1.90. The van der Waals surface area contributed by atoms with Crippen molar-refractivity contribution in [2.75, 3.05) is 6.61 Å². The van der Waals surface area contributed by atoms with Gasteiger partial charge in [-0.1, -0.05) is 91.0 Å². The van der Waals surface area contributed by atoms with Gasteiger partial charge in [0, 0.05) is 0 Å². The minimum Gasteiger partial charge on any atom is -0.385 e. The third kappa shape index (κ3) is 6.69. The molecule has 1 fully saturated rings. The fourth-order valence-corrected chi connectivity index (χ4v) is 3.81. The smallest absolute Gasteiger partial charge is 0.228 e. The zero-order chi connectivity index (χ0) is 22.9. The van der Waals surface area contributed by atoms with Gasteiger partial charge in [0.05, 0.1) is 26.4 Å². The Labute approximate surface area is 193 Å². The van der Waals surface area contributed by atoms with Crippen LogP contribution >= 0.6 is 0 Å². The Morgan fingerprint density at radius 1 is 0.667 bits per heavy atom. The highest BCUT2D eigenvalue weighted by Gasteiger charge is 2.47. The molecule has 1 heterocycles. The van der Waals surface area contributed by atoms with Crippen LogP contribution in [0.3, 0.4) is 0 Å². The average molecular weight is 453 g/mol. The molecule has 0 amide bonds. The van der Waals surface area contributed by atoms with E-state index in [1.54, 1.807) is 0 Å². The van der Waals surface area contributed by atoms with Crippen molar-refractivity contribution in [1.29, 1.82) is 0 Å². The third-order valence-electron chi connectivity index (χ3n) is 5.56. The van der Waals surface area contributed by atoms with E-state index in [4.69, 9.17) is 18.9 Å². The van der Waals surface area contributed by atoms with Crippen molar-refractivity contribution in [2.24, 2.45) is 0 Å². The molecule has 0 aliphatic carbocycles. The summed E-state index contributed by atoms with van der Waals surface area (Å²) in [7, 11) is 0. The standard InChI is InChI=1S/C27H29FO5/c28-27-24(29)26(32-18-22-14-8-3-9-15-22)25(31-17-21-12-6-2-7-13-21)23(33-27)19-30-16-20-10-4-1-5-11-20/h1-15,23-27,29H,16-19H2/t23-,24-,25+,26-,27+/m1/s1. The number of hydrogen-bond donors (Lipinski definition) is 1. The number of aliphatic hydroxyl groups is 1. The van der Waals surface area contributed by atoms with Gasteiger partial charge < -0.3 is 24.1 Å². The van der Waals surface area contributed by atoms with Gasteiger partial charge in [-0.15, -0.1) is 0 Å². The fraction of sp³-hybridized carbons (Fsp3) is 0.333. The van der Waals surface area contributed by atoms with Crippen LogP contribution in [0.5, 0.6) is 0 Å². The molecular weight excluding hydrogens is 423 g/mol. The van der Waals surface area contributed by atoms with Crippen molar-refractivity contribution in [3.8, 4) is 0 Å². The van der Waals surface area contributed by atoms with E-state index >= 15 is 0 Å². The molecule has 4 rings (SSSR count). The predicted octanol–water partition coefficient (Wildman–Crippen LogP) is 4.43. The van der Waals surface area contributed by atoms with Gasteiger partial charge in [0.15, 0.2) is 0 Å². The van der Waals surface area contributed by atoms with Crippen molar-refractivity contribution >= 4 is 0 Å². The van der Waals surface area contributed by atoms with Crippen LogP contribution in [0.2, 0.25) is 0 Å². The minimum absolute atomic E-state index is 0.104. The molecule has 174 valence electrons. The van der Waals surface area contributed by atoms with E-state index in [2.05, 4.69) is 0 Å². The second-order valence-electron chi connectivity index (χ2n) is 8.04. The normalized spacial score (nSPS) is 25.1. The van der Waals surface area contributed by atoms with Crippen LogP contribution < -0.4 is 0 Å². The van der Waals surface area contributed by atoms with E-state index < -0.39 is 30.8 Å². The highest BCUT2D eigenvalue weighted by Crippen LogP contribution is 2.29. The first kappa shape index (κ1) is 23.5. The molecule has 1 N–H and O–H groups in total. The van der Waals surface area contributed by atoms with Crippen LogP contribution in [-0.2, 0) is 38.8 Å². The summed E-state index contributed by atoms with van der Waals surface area (Å²) in [6.07, 6.45) is -5.74. The van der Waals surface area contributed by atoms with Crippen LogP contribution in [0, 0.1) is 0 Å². The quantitative estimate of drug-likeness (QED) is 0.493. The highest BCUT2D eigenvalue weighted by molar-refractivity contribution is 5.15. The lowest BCUT2D eigenvalue weighted by atomic mass is 9.98. The van der Waals surface area contributed by atoms with Crippen LogP contribution in [0.25, 0.3) is 0 Å². The van der Waals surface area contributed by atoms with Gasteiger partial charge >= 0.3 is 0 Å². The largest absolute Gasteiger partial charge is 0.385 e. The van der Waals surface area contributed by atoms with Crippen molar-refractivity contribution in [1.82, 2.24) is 0 Å². The van der Waals surface area contributed by atoms with E-state index in [0.717, 1.165) is 16.7 Å². The van der Waals surface area contributed by atoms with Crippen LogP contribution in [-0.4, -0.2) is 42.5 Å². The van der Waals surface area contributed by atoms with Gasteiger partial charge in [-0.2, -0.15) is 0 Å². The Kier molecular flexibility index (Phi) is 8.58. The SMILES string of the molecule is O[C@@H]1[C@@H](OCc2ccccc2)[C@@H](OCc2ccccc2)[C@@H](COCc2ccccc2)O[C@@H]1F. The van der Waals surface area contributed by atoms with Crippen molar-refractivity contribution in [3.63, 3.8) is 0 Å². The first-order valence-electron chi connectivity index (χ1n) is 11.1. The molecule has 0 unspecified atom stereocenters. The molecule has 0 bridgehead atoms. The van der Waals surface area contributed by atoms with Crippen LogP contribution in [0.1, 0.15) is 16.7 Å². The molecule has 0 aromatic heterocycles. The Morgan fingerprint density at radius 3 is 1.64 bits per heavy atom. The summed E-state index contributed by atoms with van der Waals surface area (Å²) in [5, 5.41) is 10.6. The summed E-state index contributed by atoms with van der Waals surface area (Å²) < 4.78 is 38.1. The molecule has 5 nitrogen and oxygen atoms in total. The molecule has 0 saturated carbocycles. The second kappa shape index (κ2) is 12.0. The molecule has 3 aromatic carbocycles. The predicted molar refractivity (Wildman–Crippen MR) is 122 cm³/mol. The lowest BCUT2D eigenvalue weighted by Crippen LogP contribution is -2.59. The van der Waals surface area contributed by atoms with E-state index in [-0.39, 0.29) is 19.8 Å². The van der Waals surface area contributed by atoms with Crippen molar-refractivity contribution < 1.29 is 28.4 Å². The second-order valence-corrected chi connectivity index (χ2v) is 8.04. The van der Waals surface area contributed by atoms with Crippen molar-refractivity contribution in [2.45, 2.75) is 50.6 Å². The molecule has 0 spiro atoms. The maximum atomic E-state index is 14.6. The first-order valence-corrected chi connectivity index (χ1v) is 11.1. The maximum absolute atomic E-state index is 14.6. The van der Waals surface area contributed by atoms with E-state index in [9.17, 15) is 9.50 Å². The number of aliphatic hydroxyl groups excluding tert-OH is 1. The lowest BCUT2D eigenvalue weighted by molar-refractivity contribution is -0.288. The Morgan fingerprint density at radius 2 is 1.12 bits per heavy atom. The zero-order valence-corrected chi connectivity index (χ0v) is 18.3. The molecule has 1 saturated heterocycles. The fourth-order valence-electron chi connectivity index (χ4n) is 3.81. The monoisotopic (exact) mass is 452 g/mol. The lowest BCUT2D eigenvalue weighted by Gasteiger charge is -2.42. The molecule has 5 atom stereocenters. The Hall–Kier alpha value is -2.61. The Bertz CT molecular complexity index is 941. The third-order valence-corrected chi connectivity index (χ3v) is 5.56. The highest BCUT2D eigenvalue weighted by atomic mass is 19.1. The molecule has 3 aromatic rings. The molecular formula is C27H29FO5. The zero-order valence-electron chi connectivity index (χ0n) is 18.3. The Balaban J connectivity index is 1.46. The summed E-state index contributed by atoms with van der Waals surface area (Å²) in [6, 6.07) is 28.9. The van der Waals surface area contributed by atoms with E-state index in [1.165, 1.54) is 0 Å². The summed E-state index contributed by atoms with van der Waals surface area (Å²) in [5.74, 6) is 0. The summed E-state index contributed by atoms with van der Waals surface area (Å²) in [4.78, 5) is 0. The van der Waals surface area contributed by atoms with Crippen molar-refractivity contribution in [3.05, 3.63) is 108 Å². The van der Waals surface area contributed by atoms with Gasteiger partial charge in [0.1, 0.15) is 24.4 Å². The topological polar surface area (TPSA) is 57.2 Å². The molecule has 0 radical (unpaired) electrons. The summed E-state index contributed by atoms with van der Waals surface area (Å²) in [6.45, 7) is 0.963. The van der Waals surface area contributed by atoms with Gasteiger partial charge in [0.25, 0.3) is 0 Å². The first-order chi connectivity index (χ1) is 16.2. The van der Waals surface area contributed by atoms with Gasteiger partial charge in [-0.25, -0.2) is 4.39 Å². The summed E-state index contributed by atoms with van der Waals surface area (Å²) >= 11 is 0. The molecule has 33 heavy (non-hydrogen) atoms. The molecule has 6 heteroatoms. The van der Waals surface area contributed by atoms with Crippen LogP contribution in [0.15, 0.2) is 91.0 Å². The van der Waals surface area contributed by atoms with E-state index in [1.807, 2.05) is 91.0 Å².